The van der Waals surface area contributed by atoms with Crippen LogP contribution in [0, 0.1) is 27.5 Å². The van der Waals surface area contributed by atoms with Crippen molar-refractivity contribution in [1.82, 2.24) is 10.6 Å². The van der Waals surface area contributed by atoms with Gasteiger partial charge in [0.25, 0.3) is 0 Å². The van der Waals surface area contributed by atoms with Crippen molar-refractivity contribution in [2.75, 3.05) is 39.3 Å². The fourth-order valence-corrected chi connectivity index (χ4v) is 1.33. The van der Waals surface area contributed by atoms with Gasteiger partial charge in [-0.05, 0) is 32.6 Å². The van der Waals surface area contributed by atoms with E-state index in [1.165, 1.54) is 19.3 Å². The van der Waals surface area contributed by atoms with Crippen LogP contribution in [-0.4, -0.2) is 39.3 Å². The fraction of sp³-hybridized carbons (Fsp3) is 0.692. The Kier molecular flexibility index (Phi) is 69.7. The van der Waals surface area contributed by atoms with Crippen molar-refractivity contribution in [3.05, 3.63) is 32.8 Å². The van der Waals surface area contributed by atoms with Crippen LogP contribution < -0.4 is 10.6 Å². The van der Waals surface area contributed by atoms with Gasteiger partial charge in [-0.25, -0.2) is 0 Å². The van der Waals surface area contributed by atoms with Gasteiger partial charge < -0.3 is 62.9 Å². The van der Waals surface area contributed by atoms with E-state index in [-0.39, 0.29) is 54.0 Å². The third-order valence-corrected chi connectivity index (χ3v) is 2.05. The molecular formula is C13H25Cl2F9N3Ti-5. The van der Waals surface area contributed by atoms with Gasteiger partial charge in [-0.1, -0.05) is 12.8 Å². The molecule has 178 valence electrons. The minimum atomic E-state index is -3.08. The normalized spacial score (nSPS) is 14.1. The molecule has 28 heavy (non-hydrogen) atoms. The van der Waals surface area contributed by atoms with Crippen LogP contribution in [0.4, 0.5) is 39.5 Å². The molecule has 0 aromatic heterocycles. The van der Waals surface area contributed by atoms with Gasteiger partial charge in [-0.15, -0.1) is 37.9 Å². The first-order valence-electron chi connectivity index (χ1n) is 6.75. The smallest absolute Gasteiger partial charge is 0.154 e. The third-order valence-electron chi connectivity index (χ3n) is 2.05. The van der Waals surface area contributed by atoms with Crippen molar-refractivity contribution in [2.24, 2.45) is 0 Å². The first-order chi connectivity index (χ1) is 11.2. The largest absolute Gasteiger partial charge is 0.662 e. The number of hydrogen-bond donors (Lipinski definition) is 2. The Morgan fingerprint density at radius 2 is 0.750 bits per heavy atom. The third kappa shape index (κ3) is 110. The maximum absolute atomic E-state index is 9.58. The second-order valence-electron chi connectivity index (χ2n) is 3.87. The van der Waals surface area contributed by atoms with Crippen molar-refractivity contribution in [3.63, 3.8) is 0 Å². The Morgan fingerprint density at radius 1 is 0.536 bits per heavy atom. The molecule has 0 amide bonds. The van der Waals surface area contributed by atoms with Crippen LogP contribution in [0.5, 0.6) is 0 Å². The Hall–Kier alpha value is 0.544. The minimum Gasteiger partial charge on any atom is -0.662 e. The van der Waals surface area contributed by atoms with E-state index in [4.69, 9.17) is 0 Å². The summed E-state index contributed by atoms with van der Waals surface area (Å²) in [4.78, 5) is 0. The van der Waals surface area contributed by atoms with Gasteiger partial charge in [0.1, 0.15) is 0 Å². The monoisotopic (exact) mass is 512 g/mol. The van der Waals surface area contributed by atoms with E-state index >= 15 is 0 Å². The molecule has 0 aromatic rings. The molecule has 0 aromatic carbocycles. The fourth-order valence-electron chi connectivity index (χ4n) is 1.33. The number of rotatable bonds is 0. The maximum atomic E-state index is 9.58. The van der Waals surface area contributed by atoms with E-state index in [9.17, 15) is 39.5 Å². The molecular weight excluding hydrogens is 488 g/mol. The zero-order valence-electron chi connectivity index (χ0n) is 15.0. The molecule has 1 aliphatic rings. The minimum absolute atomic E-state index is 0. The van der Waals surface area contributed by atoms with E-state index in [1.807, 2.05) is 0 Å². The molecule has 0 aliphatic carbocycles. The topological polar surface area (TPSA) is 38.2 Å². The molecule has 0 spiro atoms. The van der Waals surface area contributed by atoms with Crippen molar-refractivity contribution < 1.29 is 61.2 Å². The summed E-state index contributed by atoms with van der Waals surface area (Å²) in [5, 5.41) is 11.2. The van der Waals surface area contributed by atoms with E-state index < -0.39 is 20.0 Å². The standard InChI is InChI=1S/C9H20N3.3CF3.CH3.2ClH.Ti/c1-4-10-6-2-8-12-9-3-7-11-5-1;3*2-1(3)4;;;;/h10-11H,1-9H2;;;;1H3;2*1H;/q5*-1;;;. The Morgan fingerprint density at radius 3 is 1.00 bits per heavy atom. The van der Waals surface area contributed by atoms with Crippen LogP contribution in [0.1, 0.15) is 19.3 Å². The van der Waals surface area contributed by atoms with Gasteiger partial charge >= 0.3 is 0 Å². The van der Waals surface area contributed by atoms with Crippen LogP contribution in [0.15, 0.2) is 0 Å². The molecule has 0 atom stereocenters. The second-order valence-corrected chi connectivity index (χ2v) is 3.87. The number of nitrogens with zero attached hydrogens (tertiary/aromatic N) is 1. The molecule has 1 aliphatic heterocycles. The summed E-state index contributed by atoms with van der Waals surface area (Å²) in [5.41, 5.74) is 0. The molecule has 1 fully saturated rings. The quantitative estimate of drug-likeness (QED) is 0.236. The van der Waals surface area contributed by atoms with Gasteiger partial charge in [0.2, 0.25) is 0 Å². The predicted molar refractivity (Wildman–Crippen MR) is 93.3 cm³/mol. The SMILES string of the molecule is C1C[N-]CCCNCCCNC1.Cl.Cl.F[C-](F)F.F[C-](F)F.F[C-](F)F.[CH3-].[Ti]. The average Bonchev–Trinajstić information content (AvgIpc) is 2.37. The van der Waals surface area contributed by atoms with Gasteiger partial charge in [0.05, 0.1) is 0 Å². The molecule has 1 heterocycles. The summed E-state index contributed by atoms with van der Waals surface area (Å²) in [7, 11) is 0. The maximum Gasteiger partial charge on any atom is 0.154 e. The predicted octanol–water partition coefficient (Wildman–Crippen LogP) is 6.04. The Balaban J connectivity index is -0.0000000472. The van der Waals surface area contributed by atoms with E-state index in [2.05, 4.69) is 16.0 Å². The molecule has 15 heteroatoms. The van der Waals surface area contributed by atoms with Gasteiger partial charge in [-0.2, -0.15) is 0 Å². The van der Waals surface area contributed by atoms with E-state index in [0.717, 1.165) is 39.3 Å². The zero-order valence-corrected chi connectivity index (χ0v) is 18.2. The van der Waals surface area contributed by atoms with Gasteiger partial charge in [-0.3, -0.25) is 0 Å². The van der Waals surface area contributed by atoms with E-state index in [0.29, 0.717) is 0 Å². The molecule has 0 saturated carbocycles. The first kappa shape index (κ1) is 46.7. The molecule has 3 nitrogen and oxygen atoms in total. The van der Waals surface area contributed by atoms with Crippen molar-refractivity contribution in [2.45, 2.75) is 19.3 Å². The Labute approximate surface area is 188 Å². The molecule has 0 bridgehead atoms. The van der Waals surface area contributed by atoms with E-state index in [1.54, 1.807) is 0 Å². The zero-order chi connectivity index (χ0) is 19.2. The molecule has 1 rings (SSSR count). The molecule has 0 radical (unpaired) electrons. The summed E-state index contributed by atoms with van der Waals surface area (Å²) in [6.07, 6.45) is 3.65. The van der Waals surface area contributed by atoms with Crippen LogP contribution in [0.2, 0.25) is 0 Å². The summed E-state index contributed by atoms with van der Waals surface area (Å²) < 4.78 is 86.2. The van der Waals surface area contributed by atoms with Crippen LogP contribution >= 0.6 is 24.8 Å². The van der Waals surface area contributed by atoms with Crippen molar-refractivity contribution >= 4 is 24.8 Å². The van der Waals surface area contributed by atoms with Gasteiger partial charge in [0.15, 0.2) is 20.0 Å². The first-order valence-corrected chi connectivity index (χ1v) is 6.75. The number of hydrogen-bond acceptors (Lipinski definition) is 2. The van der Waals surface area contributed by atoms with Crippen LogP contribution in [0.25, 0.3) is 5.32 Å². The number of nitrogens with one attached hydrogen (secondary N) is 2. The average molecular weight is 513 g/mol. The Bertz CT molecular complexity index is 164. The molecule has 1 saturated heterocycles. The second kappa shape index (κ2) is 41.8. The van der Waals surface area contributed by atoms with Crippen LogP contribution in [-0.2, 0) is 21.7 Å². The summed E-state index contributed by atoms with van der Waals surface area (Å²) >= 11 is 0. The summed E-state index contributed by atoms with van der Waals surface area (Å²) in [6, 6.07) is 0. The van der Waals surface area contributed by atoms with Gasteiger partial charge in [0, 0.05) is 21.7 Å². The molecule has 2 N–H and O–H groups in total. The van der Waals surface area contributed by atoms with Crippen LogP contribution in [0.3, 0.4) is 0 Å². The van der Waals surface area contributed by atoms with Crippen molar-refractivity contribution in [1.29, 1.82) is 0 Å². The molecule has 0 unspecified atom stereocenters. The number of halogens is 11. The summed E-state index contributed by atoms with van der Waals surface area (Å²) in [5.74, 6) is 0. The summed E-state index contributed by atoms with van der Waals surface area (Å²) in [6.45, 7) is -2.63. The van der Waals surface area contributed by atoms with Crippen molar-refractivity contribution in [3.8, 4) is 0 Å².